The first-order valence-electron chi connectivity index (χ1n) is 6.58. The number of carbonyl (C=O) groups is 1. The van der Waals surface area contributed by atoms with Crippen LogP contribution < -0.4 is 10.1 Å². The Labute approximate surface area is 111 Å². The lowest BCUT2D eigenvalue weighted by molar-refractivity contribution is -0.120. The van der Waals surface area contributed by atoms with E-state index in [1.807, 2.05) is 19.1 Å². The molecule has 3 heteroatoms. The van der Waals surface area contributed by atoms with Gasteiger partial charge in [-0.15, -0.1) is 0 Å². The number of nitrogens with one attached hydrogen (secondary N) is 1. The fourth-order valence-electron chi connectivity index (χ4n) is 1.49. The highest BCUT2D eigenvalue weighted by molar-refractivity contribution is 5.61. The lowest BCUT2D eigenvalue weighted by atomic mass is 10.2. The third-order valence-corrected chi connectivity index (χ3v) is 2.54. The molecule has 0 unspecified atom stereocenters. The number of aryl methyl sites for hydroxylation is 1. The molecule has 0 spiro atoms. The van der Waals surface area contributed by atoms with Crippen molar-refractivity contribution < 1.29 is 9.53 Å². The maximum absolute atomic E-state index is 10.1. The monoisotopic (exact) mass is 251 g/mol. The molecule has 3 nitrogen and oxygen atoms in total. The number of unbranched alkanes of at least 4 members (excludes halogenated alkanes) is 3. The van der Waals surface area contributed by atoms with Gasteiger partial charge in [0.05, 0.1) is 5.69 Å². The zero-order valence-electron chi connectivity index (χ0n) is 12.0. The summed E-state index contributed by atoms with van der Waals surface area (Å²) in [6.45, 7) is 6.83. The molecule has 0 saturated carbocycles. The number of hydrogen-bond donors (Lipinski definition) is 1. The molecule has 0 aliphatic heterocycles. The molecule has 0 saturated heterocycles. The third-order valence-electron chi connectivity index (χ3n) is 2.54. The van der Waals surface area contributed by atoms with Crippen molar-refractivity contribution in [2.45, 2.75) is 46.5 Å². The van der Waals surface area contributed by atoms with Crippen molar-refractivity contribution in [2.24, 2.45) is 0 Å². The van der Waals surface area contributed by atoms with Gasteiger partial charge in [0, 0.05) is 7.05 Å². The lowest BCUT2D eigenvalue weighted by Crippen LogP contribution is -1.96. The largest absolute Gasteiger partial charge is 0.427 e. The van der Waals surface area contributed by atoms with Gasteiger partial charge >= 0.3 is 0 Å². The Bertz CT molecular complexity index is 333. The average molecular weight is 251 g/mol. The summed E-state index contributed by atoms with van der Waals surface area (Å²) in [5.41, 5.74) is 1.87. The van der Waals surface area contributed by atoms with Gasteiger partial charge in [-0.3, -0.25) is 4.79 Å². The van der Waals surface area contributed by atoms with Gasteiger partial charge in [-0.2, -0.15) is 0 Å². The molecule has 102 valence electrons. The van der Waals surface area contributed by atoms with Crippen LogP contribution >= 0.6 is 0 Å². The molecule has 1 aromatic rings. The lowest BCUT2D eigenvalue weighted by Gasteiger charge is -2.06. The van der Waals surface area contributed by atoms with Crippen LogP contribution in [0.25, 0.3) is 0 Å². The quantitative estimate of drug-likeness (QED) is 0.609. The van der Waals surface area contributed by atoms with E-state index in [0.29, 0.717) is 12.2 Å². The molecule has 0 bridgehead atoms. The zero-order valence-corrected chi connectivity index (χ0v) is 12.0. The summed E-state index contributed by atoms with van der Waals surface area (Å²) in [5.74, 6) is 0.563. The van der Waals surface area contributed by atoms with Crippen LogP contribution in [0, 0.1) is 6.92 Å². The predicted octanol–water partition coefficient (Wildman–Crippen LogP) is 4.16. The van der Waals surface area contributed by atoms with Crippen LogP contribution in [0.4, 0.5) is 5.69 Å². The van der Waals surface area contributed by atoms with Crippen molar-refractivity contribution in [3.63, 3.8) is 0 Å². The molecule has 0 atom stereocenters. The number of rotatable bonds is 6. The second-order valence-corrected chi connectivity index (χ2v) is 4.17. The predicted molar refractivity (Wildman–Crippen MR) is 77.2 cm³/mol. The Morgan fingerprint density at radius 1 is 1.22 bits per heavy atom. The number of hydrogen-bond acceptors (Lipinski definition) is 3. The molecule has 0 fully saturated rings. The Morgan fingerprint density at radius 2 is 1.83 bits per heavy atom. The number of anilines is 1. The summed E-state index contributed by atoms with van der Waals surface area (Å²) in [6.07, 6.45) is 5.54. The zero-order chi connectivity index (χ0) is 13.8. The Hall–Kier alpha value is -1.51. The van der Waals surface area contributed by atoms with Gasteiger partial charge < -0.3 is 10.1 Å². The van der Waals surface area contributed by atoms with Crippen molar-refractivity contribution in [1.82, 2.24) is 0 Å². The van der Waals surface area contributed by atoms with Crippen LogP contribution in [-0.2, 0) is 4.79 Å². The minimum atomic E-state index is 0.426. The highest BCUT2D eigenvalue weighted by atomic mass is 16.5. The van der Waals surface area contributed by atoms with Gasteiger partial charge in [0.15, 0.2) is 5.75 Å². The molecule has 0 radical (unpaired) electrons. The van der Waals surface area contributed by atoms with Crippen molar-refractivity contribution in [3.05, 3.63) is 23.8 Å². The van der Waals surface area contributed by atoms with Gasteiger partial charge in [-0.25, -0.2) is 0 Å². The van der Waals surface area contributed by atoms with E-state index in [0.717, 1.165) is 11.3 Å². The summed E-state index contributed by atoms with van der Waals surface area (Å²) in [5, 5.41) is 2.92. The first-order valence-corrected chi connectivity index (χ1v) is 6.58. The maximum Gasteiger partial charge on any atom is 0.298 e. The molecule has 1 aromatic carbocycles. The molecule has 0 heterocycles. The van der Waals surface area contributed by atoms with Gasteiger partial charge in [-0.1, -0.05) is 45.6 Å². The van der Waals surface area contributed by atoms with E-state index >= 15 is 0 Å². The molecular formula is C15H25NO2. The van der Waals surface area contributed by atoms with Crippen LogP contribution in [-0.4, -0.2) is 13.5 Å². The average Bonchev–Trinajstić information content (AvgIpc) is 2.38. The van der Waals surface area contributed by atoms with Crippen molar-refractivity contribution in [2.75, 3.05) is 12.4 Å². The topological polar surface area (TPSA) is 38.3 Å². The standard InChI is InChI=1S/C9H11NO2.C6H14/c1-7-3-4-8(10-2)9(5-7)12-6-11;1-3-5-6-4-2/h3-6,10H,1-2H3;3-6H2,1-2H3. The maximum atomic E-state index is 10.1. The van der Waals surface area contributed by atoms with E-state index in [1.54, 1.807) is 13.1 Å². The van der Waals surface area contributed by atoms with E-state index in [9.17, 15) is 4.79 Å². The smallest absolute Gasteiger partial charge is 0.298 e. The molecule has 1 N–H and O–H groups in total. The Balaban J connectivity index is 0.000000411. The van der Waals surface area contributed by atoms with Crippen molar-refractivity contribution >= 4 is 12.2 Å². The van der Waals surface area contributed by atoms with E-state index < -0.39 is 0 Å². The second kappa shape index (κ2) is 10.6. The van der Waals surface area contributed by atoms with Gasteiger partial charge in [0.25, 0.3) is 6.47 Å². The van der Waals surface area contributed by atoms with Crippen molar-refractivity contribution in [3.8, 4) is 5.75 Å². The third kappa shape index (κ3) is 6.94. The minimum absolute atomic E-state index is 0.426. The van der Waals surface area contributed by atoms with E-state index in [1.165, 1.54) is 25.7 Å². The fourth-order valence-corrected chi connectivity index (χ4v) is 1.49. The molecule has 18 heavy (non-hydrogen) atoms. The first kappa shape index (κ1) is 16.5. The number of ether oxygens (including phenoxy) is 1. The molecular weight excluding hydrogens is 226 g/mol. The van der Waals surface area contributed by atoms with Crippen LogP contribution in [0.1, 0.15) is 45.1 Å². The van der Waals surface area contributed by atoms with Gasteiger partial charge in [0.2, 0.25) is 0 Å². The normalized spacial score (nSPS) is 9.11. The number of carbonyl (C=O) groups excluding carboxylic acids is 1. The Morgan fingerprint density at radius 3 is 2.28 bits per heavy atom. The molecule has 0 aliphatic rings. The Kier molecular flexibility index (Phi) is 9.74. The molecule has 0 aliphatic carbocycles. The summed E-state index contributed by atoms with van der Waals surface area (Å²) in [4.78, 5) is 10.1. The second-order valence-electron chi connectivity index (χ2n) is 4.17. The van der Waals surface area contributed by atoms with Gasteiger partial charge in [0.1, 0.15) is 0 Å². The number of benzene rings is 1. The summed E-state index contributed by atoms with van der Waals surface area (Å²) < 4.78 is 4.77. The molecule has 0 amide bonds. The SMILES string of the molecule is CCCCCC.CNc1ccc(C)cc1OC=O. The van der Waals surface area contributed by atoms with Gasteiger partial charge in [-0.05, 0) is 24.6 Å². The highest BCUT2D eigenvalue weighted by Crippen LogP contribution is 2.24. The van der Waals surface area contributed by atoms with E-state index in [4.69, 9.17) is 4.74 Å². The highest BCUT2D eigenvalue weighted by Gasteiger charge is 2.00. The van der Waals surface area contributed by atoms with Crippen LogP contribution in [0.5, 0.6) is 5.75 Å². The van der Waals surface area contributed by atoms with E-state index in [2.05, 4.69) is 19.2 Å². The van der Waals surface area contributed by atoms with Crippen LogP contribution in [0.3, 0.4) is 0 Å². The molecule has 0 aromatic heterocycles. The fraction of sp³-hybridized carbons (Fsp3) is 0.533. The van der Waals surface area contributed by atoms with Crippen molar-refractivity contribution in [1.29, 1.82) is 0 Å². The summed E-state index contributed by atoms with van der Waals surface area (Å²) in [6, 6.07) is 5.62. The molecule has 1 rings (SSSR count). The van der Waals surface area contributed by atoms with Crippen LogP contribution in [0.2, 0.25) is 0 Å². The summed E-state index contributed by atoms with van der Waals surface area (Å²) >= 11 is 0. The van der Waals surface area contributed by atoms with E-state index in [-0.39, 0.29) is 0 Å². The van der Waals surface area contributed by atoms with Crippen LogP contribution in [0.15, 0.2) is 18.2 Å². The first-order chi connectivity index (χ1) is 8.69. The minimum Gasteiger partial charge on any atom is -0.427 e. The summed E-state index contributed by atoms with van der Waals surface area (Å²) in [7, 11) is 1.78.